The molecule has 0 aliphatic carbocycles. The van der Waals surface area contributed by atoms with Crippen LogP contribution in [0.5, 0.6) is 0 Å². The van der Waals surface area contributed by atoms with Gasteiger partial charge in [0.1, 0.15) is 12.7 Å². The smallest absolute Gasteiger partial charge is 0.430 e. The van der Waals surface area contributed by atoms with Crippen molar-refractivity contribution in [1.29, 1.82) is 0 Å². The SMILES string of the molecule is CC1COC(=O)O1.[Li+].[O-][Cl+2]([O-])[O-]. The van der Waals surface area contributed by atoms with Crippen LogP contribution in [0.1, 0.15) is 6.92 Å². The van der Waals surface area contributed by atoms with Gasteiger partial charge in [0.15, 0.2) is 0 Å². The first-order valence-electron chi connectivity index (χ1n) is 2.59. The van der Waals surface area contributed by atoms with E-state index in [0.717, 1.165) is 0 Å². The van der Waals surface area contributed by atoms with Crippen molar-refractivity contribution in [1.82, 2.24) is 0 Å². The Bertz CT molecular complexity index is 128. The number of halogens is 1. The average molecular weight is 192 g/mol. The number of carbonyl (C=O) groups is 1. The molecule has 0 radical (unpaired) electrons. The summed E-state index contributed by atoms with van der Waals surface area (Å²) in [5, 5.41) is 0. The third-order valence-corrected chi connectivity index (χ3v) is 0.733. The van der Waals surface area contributed by atoms with Gasteiger partial charge in [-0.15, -0.1) is 0 Å². The van der Waals surface area contributed by atoms with Gasteiger partial charge >= 0.3 is 25.0 Å². The van der Waals surface area contributed by atoms with Gasteiger partial charge in [-0.05, 0) is 6.92 Å². The maximum absolute atomic E-state index is 10.0. The molecule has 0 saturated carbocycles. The standard InChI is InChI=1S/C4H6O3.ClO3.Li/c1-3-2-6-4(5)7-3;2-1(3)4;/h3H,2H2,1H3;;/q;-1;+1. The Balaban J connectivity index is 0. The Kier molecular flexibility index (Phi) is 9.31. The van der Waals surface area contributed by atoms with Gasteiger partial charge in [0.2, 0.25) is 0 Å². The molecule has 1 heterocycles. The summed E-state index contributed by atoms with van der Waals surface area (Å²) < 4.78 is 34.1. The molecule has 0 aromatic heterocycles. The summed E-state index contributed by atoms with van der Waals surface area (Å²) in [6.45, 7) is 2.18. The van der Waals surface area contributed by atoms with Gasteiger partial charge in [0.05, 0.1) is 10.8 Å². The average Bonchev–Trinajstić information content (AvgIpc) is 2.13. The minimum Gasteiger partial charge on any atom is -0.430 e. The number of hydrogen-bond donors (Lipinski definition) is 0. The van der Waals surface area contributed by atoms with Crippen LogP contribution in [0.2, 0.25) is 0 Å². The number of cyclic esters (lactones) is 2. The van der Waals surface area contributed by atoms with Crippen LogP contribution in [0.15, 0.2) is 0 Å². The molecule has 0 N–H and O–H groups in total. The zero-order valence-corrected chi connectivity index (χ0v) is 7.37. The van der Waals surface area contributed by atoms with Crippen molar-refractivity contribution in [3.8, 4) is 0 Å². The third-order valence-electron chi connectivity index (χ3n) is 0.733. The van der Waals surface area contributed by atoms with E-state index in [-0.39, 0.29) is 25.0 Å². The van der Waals surface area contributed by atoms with Gasteiger partial charge in [0, 0.05) is 0 Å². The molecule has 1 atom stereocenters. The van der Waals surface area contributed by atoms with Crippen molar-refractivity contribution in [2.24, 2.45) is 0 Å². The number of rotatable bonds is 0. The predicted molar refractivity (Wildman–Crippen MR) is 21.9 cm³/mol. The molecule has 1 fully saturated rings. The van der Waals surface area contributed by atoms with E-state index in [1.807, 2.05) is 0 Å². The first kappa shape index (κ1) is 14.6. The molecular weight excluding hydrogens is 186 g/mol. The molecular formula is C4H6ClLiO6. The van der Waals surface area contributed by atoms with Gasteiger partial charge in [0.25, 0.3) is 0 Å². The summed E-state index contributed by atoms with van der Waals surface area (Å²) in [6.07, 6.45) is -0.597. The first-order valence-corrected chi connectivity index (χ1v) is 3.51. The molecule has 1 rings (SSSR count). The molecule has 1 unspecified atom stereocenters. The second-order valence-electron chi connectivity index (χ2n) is 1.68. The Morgan fingerprint density at radius 1 is 1.50 bits per heavy atom. The molecule has 66 valence electrons. The predicted octanol–water partition coefficient (Wildman–Crippen LogP) is -6.02. The fraction of sp³-hybridized carbons (Fsp3) is 0.750. The Morgan fingerprint density at radius 3 is 2.00 bits per heavy atom. The van der Waals surface area contributed by atoms with E-state index in [9.17, 15) is 4.79 Å². The topological polar surface area (TPSA) is 105 Å². The van der Waals surface area contributed by atoms with Crippen LogP contribution in [-0.2, 0) is 9.47 Å². The second kappa shape index (κ2) is 7.67. The summed E-state index contributed by atoms with van der Waals surface area (Å²) in [5.41, 5.74) is 0. The largest absolute Gasteiger partial charge is 1.00 e. The number of hydrogen-bond acceptors (Lipinski definition) is 6. The van der Waals surface area contributed by atoms with E-state index < -0.39 is 16.9 Å². The molecule has 0 aromatic carbocycles. The van der Waals surface area contributed by atoms with Crippen LogP contribution in [0.3, 0.4) is 0 Å². The molecule has 1 aliphatic rings. The Labute approximate surface area is 84.0 Å². The molecule has 0 aromatic rings. The summed E-state index contributed by atoms with van der Waals surface area (Å²) in [7, 11) is -2.85. The van der Waals surface area contributed by atoms with Crippen molar-refractivity contribution in [2.45, 2.75) is 13.0 Å². The van der Waals surface area contributed by atoms with E-state index in [2.05, 4.69) is 9.47 Å². The first-order chi connectivity index (χ1) is 5.02. The van der Waals surface area contributed by atoms with Crippen LogP contribution >= 0.6 is 0 Å². The summed E-state index contributed by atoms with van der Waals surface area (Å²) in [4.78, 5) is 10.0. The molecule has 1 aliphatic heterocycles. The fourth-order valence-electron chi connectivity index (χ4n) is 0.418. The summed E-state index contributed by atoms with van der Waals surface area (Å²) in [6, 6.07) is 0. The van der Waals surface area contributed by atoms with Gasteiger partial charge in [-0.3, -0.25) is 0 Å². The quantitative estimate of drug-likeness (QED) is 0.279. The van der Waals surface area contributed by atoms with Crippen molar-refractivity contribution >= 4 is 6.16 Å². The molecule has 0 bridgehead atoms. The van der Waals surface area contributed by atoms with E-state index in [1.165, 1.54) is 0 Å². The van der Waals surface area contributed by atoms with E-state index in [4.69, 9.17) is 14.0 Å². The van der Waals surface area contributed by atoms with Crippen LogP contribution in [0, 0.1) is 10.8 Å². The van der Waals surface area contributed by atoms with Crippen LogP contribution < -0.4 is 32.8 Å². The molecule has 0 spiro atoms. The maximum atomic E-state index is 10.0. The summed E-state index contributed by atoms with van der Waals surface area (Å²) in [5.74, 6) is 0. The molecule has 1 saturated heterocycles. The fourth-order valence-corrected chi connectivity index (χ4v) is 0.418. The Hall–Kier alpha value is 0.0374. The maximum Gasteiger partial charge on any atom is 1.00 e. The van der Waals surface area contributed by atoms with E-state index in [0.29, 0.717) is 6.61 Å². The number of ether oxygens (including phenoxy) is 2. The van der Waals surface area contributed by atoms with Crippen molar-refractivity contribution in [3.63, 3.8) is 0 Å². The van der Waals surface area contributed by atoms with Crippen molar-refractivity contribution in [2.75, 3.05) is 6.61 Å². The molecule has 0 amide bonds. The third kappa shape index (κ3) is 10.0. The molecule has 6 nitrogen and oxygen atoms in total. The van der Waals surface area contributed by atoms with Crippen molar-refractivity contribution < 1.29 is 57.9 Å². The molecule has 12 heavy (non-hydrogen) atoms. The van der Waals surface area contributed by atoms with Gasteiger partial charge in [-0.25, -0.2) is 4.79 Å². The van der Waals surface area contributed by atoms with Crippen molar-refractivity contribution in [3.05, 3.63) is 0 Å². The minimum atomic E-state index is -2.85. The monoisotopic (exact) mass is 192 g/mol. The Morgan fingerprint density at radius 2 is 1.92 bits per heavy atom. The van der Waals surface area contributed by atoms with Crippen LogP contribution in [0.4, 0.5) is 4.79 Å². The summed E-state index contributed by atoms with van der Waals surface area (Å²) >= 11 is 0. The van der Waals surface area contributed by atoms with E-state index >= 15 is 0 Å². The normalized spacial score (nSPS) is 20.1. The second-order valence-corrected chi connectivity index (χ2v) is 2.06. The zero-order valence-electron chi connectivity index (χ0n) is 6.61. The molecule has 8 heteroatoms. The minimum absolute atomic E-state index is 0. The van der Waals surface area contributed by atoms with E-state index in [1.54, 1.807) is 6.92 Å². The number of carbonyl (C=O) groups excluding carboxylic acids is 1. The van der Waals surface area contributed by atoms with Gasteiger partial charge < -0.3 is 23.5 Å². The van der Waals surface area contributed by atoms with Crippen LogP contribution in [-0.4, -0.2) is 18.9 Å². The van der Waals surface area contributed by atoms with Gasteiger partial charge in [-0.2, -0.15) is 0 Å². The van der Waals surface area contributed by atoms with Crippen LogP contribution in [0.25, 0.3) is 0 Å². The zero-order chi connectivity index (χ0) is 8.85. The van der Waals surface area contributed by atoms with Gasteiger partial charge in [-0.1, -0.05) is 0 Å².